The van der Waals surface area contributed by atoms with Gasteiger partial charge in [0.1, 0.15) is 0 Å². The van der Waals surface area contributed by atoms with Gasteiger partial charge < -0.3 is 5.73 Å². The zero-order valence-electron chi connectivity index (χ0n) is 7.72. The molecule has 0 aliphatic heterocycles. The fraction of sp³-hybridized carbons (Fsp3) is 0.400. The van der Waals surface area contributed by atoms with Gasteiger partial charge in [-0.15, -0.1) is 0 Å². The standard InChI is InChI=1S/C10H13F2N/c1-6(7(2)13)8-4-3-5-9(11)10(8)12/h3-7H,13H2,1-2H3. The van der Waals surface area contributed by atoms with Crippen molar-refractivity contribution in [3.8, 4) is 0 Å². The first-order chi connectivity index (χ1) is 6.04. The molecule has 2 N–H and O–H groups in total. The highest BCUT2D eigenvalue weighted by Gasteiger charge is 2.16. The molecule has 0 spiro atoms. The van der Waals surface area contributed by atoms with Gasteiger partial charge in [-0.25, -0.2) is 8.78 Å². The van der Waals surface area contributed by atoms with Gasteiger partial charge in [0.2, 0.25) is 0 Å². The van der Waals surface area contributed by atoms with Crippen molar-refractivity contribution >= 4 is 0 Å². The third-order valence-corrected chi connectivity index (χ3v) is 2.26. The van der Waals surface area contributed by atoms with Crippen molar-refractivity contribution in [1.29, 1.82) is 0 Å². The minimum absolute atomic E-state index is 0.171. The number of nitrogens with two attached hydrogens (primary N) is 1. The molecule has 0 fully saturated rings. The molecule has 0 saturated heterocycles. The Morgan fingerprint density at radius 1 is 1.23 bits per heavy atom. The molecular weight excluding hydrogens is 172 g/mol. The van der Waals surface area contributed by atoms with Crippen LogP contribution in [0.15, 0.2) is 18.2 Å². The van der Waals surface area contributed by atoms with Crippen LogP contribution < -0.4 is 5.73 Å². The summed E-state index contributed by atoms with van der Waals surface area (Å²) in [5, 5.41) is 0. The van der Waals surface area contributed by atoms with Crippen LogP contribution in [0.3, 0.4) is 0 Å². The second kappa shape index (κ2) is 3.83. The number of halogens is 2. The van der Waals surface area contributed by atoms with Gasteiger partial charge in [-0.3, -0.25) is 0 Å². The smallest absolute Gasteiger partial charge is 0.162 e. The van der Waals surface area contributed by atoms with E-state index < -0.39 is 11.6 Å². The first-order valence-electron chi connectivity index (χ1n) is 4.23. The molecule has 0 aromatic heterocycles. The maximum atomic E-state index is 13.2. The molecule has 0 aliphatic rings. The van der Waals surface area contributed by atoms with Crippen LogP contribution >= 0.6 is 0 Å². The molecule has 72 valence electrons. The van der Waals surface area contributed by atoms with Crippen LogP contribution in [0.4, 0.5) is 8.78 Å². The van der Waals surface area contributed by atoms with Gasteiger partial charge in [-0.05, 0) is 24.5 Å². The third-order valence-electron chi connectivity index (χ3n) is 2.26. The van der Waals surface area contributed by atoms with Crippen molar-refractivity contribution < 1.29 is 8.78 Å². The number of hydrogen-bond donors (Lipinski definition) is 1. The monoisotopic (exact) mass is 185 g/mol. The van der Waals surface area contributed by atoms with Crippen LogP contribution in [0.1, 0.15) is 25.3 Å². The predicted octanol–water partition coefficient (Wildman–Crippen LogP) is 2.42. The topological polar surface area (TPSA) is 26.0 Å². The van der Waals surface area contributed by atoms with E-state index in [4.69, 9.17) is 5.73 Å². The highest BCUT2D eigenvalue weighted by Crippen LogP contribution is 2.22. The van der Waals surface area contributed by atoms with Gasteiger partial charge >= 0.3 is 0 Å². The van der Waals surface area contributed by atoms with Gasteiger partial charge in [0.25, 0.3) is 0 Å². The van der Waals surface area contributed by atoms with Crippen LogP contribution in [0, 0.1) is 11.6 Å². The van der Waals surface area contributed by atoms with E-state index >= 15 is 0 Å². The van der Waals surface area contributed by atoms with Crippen molar-refractivity contribution in [3.05, 3.63) is 35.4 Å². The normalized spacial score (nSPS) is 15.5. The Bertz CT molecular complexity index is 297. The minimum Gasteiger partial charge on any atom is -0.327 e. The maximum Gasteiger partial charge on any atom is 0.162 e. The Labute approximate surface area is 76.6 Å². The van der Waals surface area contributed by atoms with Gasteiger partial charge in [-0.2, -0.15) is 0 Å². The summed E-state index contributed by atoms with van der Waals surface area (Å²) in [5.74, 6) is -1.77. The summed E-state index contributed by atoms with van der Waals surface area (Å²) < 4.78 is 26.0. The molecule has 0 bridgehead atoms. The second-order valence-electron chi connectivity index (χ2n) is 3.29. The Morgan fingerprint density at radius 2 is 1.85 bits per heavy atom. The second-order valence-corrected chi connectivity index (χ2v) is 3.29. The van der Waals surface area contributed by atoms with Gasteiger partial charge in [-0.1, -0.05) is 19.1 Å². The molecule has 0 heterocycles. The molecule has 1 aromatic rings. The summed E-state index contributed by atoms with van der Waals surface area (Å²) in [7, 11) is 0. The molecule has 13 heavy (non-hydrogen) atoms. The third kappa shape index (κ3) is 2.04. The molecule has 0 amide bonds. The first-order valence-corrected chi connectivity index (χ1v) is 4.23. The molecule has 0 aliphatic carbocycles. The van der Waals surface area contributed by atoms with Crippen molar-refractivity contribution in [2.45, 2.75) is 25.8 Å². The lowest BCUT2D eigenvalue weighted by Crippen LogP contribution is -2.23. The molecule has 1 nitrogen and oxygen atoms in total. The van der Waals surface area contributed by atoms with Crippen LogP contribution in [0.25, 0.3) is 0 Å². The fourth-order valence-corrected chi connectivity index (χ4v) is 1.16. The summed E-state index contributed by atoms with van der Waals surface area (Å²) in [4.78, 5) is 0. The SMILES string of the molecule is CC(N)C(C)c1cccc(F)c1F. The quantitative estimate of drug-likeness (QED) is 0.752. The lowest BCUT2D eigenvalue weighted by atomic mass is 9.94. The molecule has 1 rings (SSSR count). The van der Waals surface area contributed by atoms with E-state index in [0.717, 1.165) is 6.07 Å². The molecule has 2 atom stereocenters. The van der Waals surface area contributed by atoms with E-state index in [1.807, 2.05) is 0 Å². The Kier molecular flexibility index (Phi) is 2.98. The summed E-state index contributed by atoms with van der Waals surface area (Å²) in [5.41, 5.74) is 5.94. The van der Waals surface area contributed by atoms with Crippen LogP contribution in [0.5, 0.6) is 0 Å². The summed E-state index contributed by atoms with van der Waals surface area (Å²) >= 11 is 0. The van der Waals surface area contributed by atoms with E-state index in [1.165, 1.54) is 6.07 Å². The summed E-state index contributed by atoms with van der Waals surface area (Å²) in [6.45, 7) is 3.55. The Balaban J connectivity index is 3.07. The van der Waals surface area contributed by atoms with Crippen LogP contribution in [0.2, 0.25) is 0 Å². The van der Waals surface area contributed by atoms with E-state index in [0.29, 0.717) is 5.56 Å². The van der Waals surface area contributed by atoms with E-state index in [2.05, 4.69) is 0 Å². The number of hydrogen-bond acceptors (Lipinski definition) is 1. The molecular formula is C10H13F2N. The van der Waals surface area contributed by atoms with Crippen molar-refractivity contribution in [3.63, 3.8) is 0 Å². The fourth-order valence-electron chi connectivity index (χ4n) is 1.16. The summed E-state index contributed by atoms with van der Waals surface area (Å²) in [6.07, 6.45) is 0. The largest absolute Gasteiger partial charge is 0.327 e. The van der Waals surface area contributed by atoms with E-state index in [1.54, 1.807) is 19.9 Å². The molecule has 0 saturated carbocycles. The Morgan fingerprint density at radius 3 is 2.38 bits per heavy atom. The van der Waals surface area contributed by atoms with Crippen molar-refractivity contribution in [1.82, 2.24) is 0 Å². The highest BCUT2D eigenvalue weighted by atomic mass is 19.2. The van der Waals surface area contributed by atoms with Gasteiger partial charge in [0, 0.05) is 6.04 Å². The van der Waals surface area contributed by atoms with Crippen molar-refractivity contribution in [2.75, 3.05) is 0 Å². The number of benzene rings is 1. The average molecular weight is 185 g/mol. The lowest BCUT2D eigenvalue weighted by molar-refractivity contribution is 0.480. The Hall–Kier alpha value is -0.960. The predicted molar refractivity (Wildman–Crippen MR) is 48.4 cm³/mol. The first kappa shape index (κ1) is 10.1. The summed E-state index contributed by atoms with van der Waals surface area (Å²) in [6, 6.07) is 3.97. The van der Waals surface area contributed by atoms with E-state index in [9.17, 15) is 8.78 Å². The van der Waals surface area contributed by atoms with Crippen molar-refractivity contribution in [2.24, 2.45) is 5.73 Å². The molecule has 0 radical (unpaired) electrons. The molecule has 3 heteroatoms. The lowest BCUT2D eigenvalue weighted by Gasteiger charge is -2.16. The van der Waals surface area contributed by atoms with Gasteiger partial charge in [0.15, 0.2) is 11.6 Å². The minimum atomic E-state index is -0.815. The molecule has 1 aromatic carbocycles. The van der Waals surface area contributed by atoms with Crippen LogP contribution in [-0.2, 0) is 0 Å². The van der Waals surface area contributed by atoms with Crippen LogP contribution in [-0.4, -0.2) is 6.04 Å². The zero-order chi connectivity index (χ0) is 10.0. The molecule has 2 unspecified atom stereocenters. The zero-order valence-corrected chi connectivity index (χ0v) is 7.72. The number of rotatable bonds is 2. The maximum absolute atomic E-state index is 13.2. The average Bonchev–Trinajstić information content (AvgIpc) is 2.08. The highest BCUT2D eigenvalue weighted by molar-refractivity contribution is 5.23. The van der Waals surface area contributed by atoms with Gasteiger partial charge in [0.05, 0.1) is 0 Å². The van der Waals surface area contributed by atoms with E-state index in [-0.39, 0.29) is 12.0 Å².